The molecule has 0 unspecified atom stereocenters. The lowest BCUT2D eigenvalue weighted by Gasteiger charge is -2.37. The van der Waals surface area contributed by atoms with Gasteiger partial charge < -0.3 is 4.74 Å². The molecule has 3 rings (SSSR count). The topological polar surface area (TPSA) is 53.1 Å². The Kier molecular flexibility index (Phi) is 6.80. The SMILES string of the molecule is Cc1cc(Cl)ccc1OCCN1CCN(S(=O)(=O)N2CCCCC2)CC1. The first kappa shape index (κ1) is 19.9. The van der Waals surface area contributed by atoms with Crippen LogP contribution in [0.25, 0.3) is 0 Å². The molecule has 0 atom stereocenters. The summed E-state index contributed by atoms with van der Waals surface area (Å²) < 4.78 is 34.6. The second-order valence-electron chi connectivity index (χ2n) is 6.97. The molecule has 0 N–H and O–H groups in total. The van der Waals surface area contributed by atoms with Crippen LogP contribution in [-0.4, -0.2) is 74.3 Å². The molecule has 0 radical (unpaired) electrons. The molecule has 2 aliphatic rings. The number of piperidine rings is 1. The van der Waals surface area contributed by atoms with E-state index in [0.717, 1.165) is 50.2 Å². The quantitative estimate of drug-likeness (QED) is 0.734. The van der Waals surface area contributed by atoms with Crippen LogP contribution in [0.15, 0.2) is 18.2 Å². The highest BCUT2D eigenvalue weighted by Crippen LogP contribution is 2.22. The average molecular weight is 402 g/mol. The Balaban J connectivity index is 1.43. The minimum Gasteiger partial charge on any atom is -0.492 e. The fourth-order valence-electron chi connectivity index (χ4n) is 3.50. The maximum absolute atomic E-state index is 12.7. The molecule has 0 spiro atoms. The molecule has 8 heteroatoms. The van der Waals surface area contributed by atoms with Crippen LogP contribution in [0.5, 0.6) is 5.75 Å². The molecule has 1 aromatic rings. The summed E-state index contributed by atoms with van der Waals surface area (Å²) in [6.07, 6.45) is 3.08. The summed E-state index contributed by atoms with van der Waals surface area (Å²) in [6, 6.07) is 5.61. The predicted octanol–water partition coefficient (Wildman–Crippen LogP) is 2.38. The Morgan fingerprint density at radius 2 is 1.65 bits per heavy atom. The zero-order valence-electron chi connectivity index (χ0n) is 15.4. The van der Waals surface area contributed by atoms with E-state index in [2.05, 4.69) is 4.90 Å². The monoisotopic (exact) mass is 401 g/mol. The minimum absolute atomic E-state index is 0.554. The molecule has 2 fully saturated rings. The third kappa shape index (κ3) is 4.89. The van der Waals surface area contributed by atoms with Crippen molar-refractivity contribution in [2.75, 3.05) is 52.4 Å². The number of halogens is 1. The molecule has 2 heterocycles. The summed E-state index contributed by atoms with van der Waals surface area (Å²) in [4.78, 5) is 2.26. The number of ether oxygens (including phenoxy) is 1. The standard InChI is InChI=1S/C18H28ClN3O3S/c1-16-15-17(19)5-6-18(16)25-14-13-20-9-11-22(12-10-20)26(23,24)21-7-3-2-4-8-21/h5-6,15H,2-4,7-14H2,1H3. The van der Waals surface area contributed by atoms with Gasteiger partial charge in [0.1, 0.15) is 12.4 Å². The van der Waals surface area contributed by atoms with Gasteiger partial charge in [0.25, 0.3) is 10.2 Å². The summed E-state index contributed by atoms with van der Waals surface area (Å²) in [5.74, 6) is 0.848. The fourth-order valence-corrected chi connectivity index (χ4v) is 5.40. The molecule has 6 nitrogen and oxygen atoms in total. The molecular formula is C18H28ClN3O3S. The van der Waals surface area contributed by atoms with Gasteiger partial charge >= 0.3 is 0 Å². The molecule has 1 aromatic carbocycles. The van der Waals surface area contributed by atoms with E-state index in [-0.39, 0.29) is 0 Å². The maximum atomic E-state index is 12.7. The molecule has 0 aliphatic carbocycles. The Morgan fingerprint density at radius 1 is 1.00 bits per heavy atom. The second-order valence-corrected chi connectivity index (χ2v) is 9.33. The van der Waals surface area contributed by atoms with Gasteiger partial charge in [0.2, 0.25) is 0 Å². The normalized spacial score (nSPS) is 21.0. The molecule has 146 valence electrons. The number of nitrogens with zero attached hydrogens (tertiary/aromatic N) is 3. The summed E-state index contributed by atoms with van der Waals surface area (Å²) >= 11 is 5.96. The van der Waals surface area contributed by atoms with Crippen molar-refractivity contribution in [1.82, 2.24) is 13.5 Å². The van der Waals surface area contributed by atoms with Gasteiger partial charge in [-0.15, -0.1) is 0 Å². The van der Waals surface area contributed by atoms with E-state index >= 15 is 0 Å². The maximum Gasteiger partial charge on any atom is 0.282 e. The van der Waals surface area contributed by atoms with E-state index in [1.165, 1.54) is 0 Å². The van der Waals surface area contributed by atoms with Crippen LogP contribution in [-0.2, 0) is 10.2 Å². The zero-order chi connectivity index (χ0) is 18.6. The van der Waals surface area contributed by atoms with Crippen LogP contribution in [0.3, 0.4) is 0 Å². The van der Waals surface area contributed by atoms with Crippen LogP contribution in [0.2, 0.25) is 5.02 Å². The Hall–Kier alpha value is -0.860. The highest BCUT2D eigenvalue weighted by atomic mass is 35.5. The number of aryl methyl sites for hydroxylation is 1. The predicted molar refractivity (Wildman–Crippen MR) is 104 cm³/mol. The van der Waals surface area contributed by atoms with Gasteiger partial charge in [0.15, 0.2) is 0 Å². The van der Waals surface area contributed by atoms with Crippen molar-refractivity contribution in [3.8, 4) is 5.75 Å². The molecule has 0 saturated carbocycles. The van der Waals surface area contributed by atoms with Gasteiger partial charge in [-0.3, -0.25) is 4.90 Å². The van der Waals surface area contributed by atoms with Crippen molar-refractivity contribution in [1.29, 1.82) is 0 Å². The summed E-state index contributed by atoms with van der Waals surface area (Å²) in [6.45, 7) is 7.28. The van der Waals surface area contributed by atoms with Crippen molar-refractivity contribution in [3.05, 3.63) is 28.8 Å². The van der Waals surface area contributed by atoms with E-state index in [4.69, 9.17) is 16.3 Å². The van der Waals surface area contributed by atoms with Gasteiger partial charge in [-0.2, -0.15) is 17.0 Å². The van der Waals surface area contributed by atoms with Crippen LogP contribution in [0, 0.1) is 6.92 Å². The van der Waals surface area contributed by atoms with E-state index in [9.17, 15) is 8.42 Å². The summed E-state index contributed by atoms with van der Waals surface area (Å²) in [5.41, 5.74) is 1.02. The first-order valence-electron chi connectivity index (χ1n) is 9.33. The average Bonchev–Trinajstić information content (AvgIpc) is 2.65. The highest BCUT2D eigenvalue weighted by molar-refractivity contribution is 7.86. The largest absolute Gasteiger partial charge is 0.492 e. The molecule has 0 bridgehead atoms. The van der Waals surface area contributed by atoms with Crippen LogP contribution < -0.4 is 4.74 Å². The van der Waals surface area contributed by atoms with Gasteiger partial charge in [-0.05, 0) is 43.5 Å². The Morgan fingerprint density at radius 3 is 2.31 bits per heavy atom. The third-order valence-electron chi connectivity index (χ3n) is 5.10. The molecular weight excluding hydrogens is 374 g/mol. The number of hydrogen-bond donors (Lipinski definition) is 0. The minimum atomic E-state index is -3.29. The van der Waals surface area contributed by atoms with E-state index in [1.807, 2.05) is 25.1 Å². The van der Waals surface area contributed by atoms with Crippen LogP contribution >= 0.6 is 11.6 Å². The van der Waals surface area contributed by atoms with Crippen LogP contribution in [0.4, 0.5) is 0 Å². The molecule has 2 aliphatic heterocycles. The van der Waals surface area contributed by atoms with Gasteiger partial charge in [0, 0.05) is 50.8 Å². The number of benzene rings is 1. The second kappa shape index (κ2) is 8.89. The zero-order valence-corrected chi connectivity index (χ0v) is 16.9. The number of hydrogen-bond acceptors (Lipinski definition) is 4. The number of piperazine rings is 1. The first-order valence-corrected chi connectivity index (χ1v) is 11.1. The summed E-state index contributed by atoms with van der Waals surface area (Å²) in [5, 5.41) is 0.709. The van der Waals surface area contributed by atoms with Crippen molar-refractivity contribution in [3.63, 3.8) is 0 Å². The lowest BCUT2D eigenvalue weighted by atomic mass is 10.2. The lowest BCUT2D eigenvalue weighted by Crippen LogP contribution is -2.54. The Labute approximate surface area is 161 Å². The van der Waals surface area contributed by atoms with Crippen molar-refractivity contribution >= 4 is 21.8 Å². The van der Waals surface area contributed by atoms with E-state index in [0.29, 0.717) is 37.8 Å². The molecule has 0 aromatic heterocycles. The Bertz CT molecular complexity index is 700. The van der Waals surface area contributed by atoms with E-state index in [1.54, 1.807) is 8.61 Å². The van der Waals surface area contributed by atoms with Gasteiger partial charge in [-0.1, -0.05) is 18.0 Å². The van der Waals surface area contributed by atoms with Gasteiger partial charge in [-0.25, -0.2) is 0 Å². The van der Waals surface area contributed by atoms with Gasteiger partial charge in [0.05, 0.1) is 0 Å². The van der Waals surface area contributed by atoms with Crippen molar-refractivity contribution < 1.29 is 13.2 Å². The number of rotatable bonds is 6. The summed E-state index contributed by atoms with van der Waals surface area (Å²) in [7, 11) is -3.29. The third-order valence-corrected chi connectivity index (χ3v) is 7.37. The first-order chi connectivity index (χ1) is 12.5. The van der Waals surface area contributed by atoms with Crippen molar-refractivity contribution in [2.24, 2.45) is 0 Å². The molecule has 0 amide bonds. The highest BCUT2D eigenvalue weighted by Gasteiger charge is 2.32. The smallest absolute Gasteiger partial charge is 0.282 e. The molecule has 2 saturated heterocycles. The van der Waals surface area contributed by atoms with E-state index < -0.39 is 10.2 Å². The fraction of sp³-hybridized carbons (Fsp3) is 0.667. The molecule has 26 heavy (non-hydrogen) atoms. The van der Waals surface area contributed by atoms with Crippen LogP contribution in [0.1, 0.15) is 24.8 Å². The lowest BCUT2D eigenvalue weighted by molar-refractivity contribution is 0.153. The van der Waals surface area contributed by atoms with Crippen molar-refractivity contribution in [2.45, 2.75) is 26.2 Å².